The van der Waals surface area contributed by atoms with Crippen LogP contribution in [0.4, 0.5) is 0 Å². The van der Waals surface area contributed by atoms with Crippen molar-refractivity contribution < 1.29 is 4.79 Å². The Morgan fingerprint density at radius 3 is 2.73 bits per heavy atom. The van der Waals surface area contributed by atoms with Gasteiger partial charge in [-0.05, 0) is 18.9 Å². The number of nitrogens with zero attached hydrogens (tertiary/aromatic N) is 2. The Morgan fingerprint density at radius 1 is 1.32 bits per heavy atom. The van der Waals surface area contributed by atoms with E-state index in [1.54, 1.807) is 13.1 Å². The van der Waals surface area contributed by atoms with Gasteiger partial charge in [0.25, 0.3) is 5.56 Å². The van der Waals surface area contributed by atoms with Crippen molar-refractivity contribution in [2.24, 2.45) is 0 Å². The van der Waals surface area contributed by atoms with E-state index in [0.29, 0.717) is 18.7 Å². The van der Waals surface area contributed by atoms with Gasteiger partial charge in [-0.3, -0.25) is 14.2 Å². The maximum absolute atomic E-state index is 12.3. The highest BCUT2D eigenvalue weighted by Crippen LogP contribution is 2.18. The van der Waals surface area contributed by atoms with E-state index in [9.17, 15) is 9.59 Å². The molecule has 5 heteroatoms. The number of aromatic nitrogens is 2. The summed E-state index contributed by atoms with van der Waals surface area (Å²) in [6.07, 6.45) is 3.78. The Labute approximate surface area is 130 Å². The van der Waals surface area contributed by atoms with Crippen LogP contribution in [0.1, 0.15) is 30.4 Å². The highest BCUT2D eigenvalue weighted by Gasteiger charge is 2.17. The molecule has 5 nitrogen and oxygen atoms in total. The zero-order chi connectivity index (χ0) is 15.9. The third-order valence-corrected chi connectivity index (χ3v) is 3.65. The Hall–Kier alpha value is -2.43. The van der Waals surface area contributed by atoms with Crippen LogP contribution in [0, 0.1) is 6.92 Å². The molecule has 2 rings (SSSR count). The lowest BCUT2D eigenvalue weighted by molar-refractivity contribution is -0.122. The van der Waals surface area contributed by atoms with Crippen LogP contribution in [-0.2, 0) is 11.3 Å². The third-order valence-electron chi connectivity index (χ3n) is 3.65. The molecule has 116 valence electrons. The summed E-state index contributed by atoms with van der Waals surface area (Å²) in [6, 6.07) is 9.73. The molecule has 0 radical (unpaired) electrons. The summed E-state index contributed by atoms with van der Waals surface area (Å²) >= 11 is 0. The molecule has 2 aromatic rings. The van der Waals surface area contributed by atoms with Crippen LogP contribution in [0.25, 0.3) is 0 Å². The predicted molar refractivity (Wildman–Crippen MR) is 85.7 cm³/mol. The summed E-state index contributed by atoms with van der Waals surface area (Å²) < 4.78 is 1.51. The molecule has 1 N–H and O–H groups in total. The molecule has 0 aliphatic heterocycles. The van der Waals surface area contributed by atoms with E-state index in [0.717, 1.165) is 12.0 Å². The minimum Gasteiger partial charge on any atom is -0.354 e. The first kappa shape index (κ1) is 15.9. The van der Waals surface area contributed by atoms with Gasteiger partial charge in [-0.2, -0.15) is 0 Å². The molecule has 1 unspecified atom stereocenters. The molecule has 0 saturated heterocycles. The van der Waals surface area contributed by atoms with Gasteiger partial charge in [0.2, 0.25) is 5.91 Å². The normalized spacial score (nSPS) is 11.9. The quantitative estimate of drug-likeness (QED) is 0.885. The van der Waals surface area contributed by atoms with Crippen molar-refractivity contribution in [3.05, 3.63) is 64.3 Å². The first-order valence-corrected chi connectivity index (χ1v) is 7.47. The molecule has 1 amide bonds. The topological polar surface area (TPSA) is 64.0 Å². The minimum atomic E-state index is -0.159. The number of carbonyl (C=O) groups is 1. The van der Waals surface area contributed by atoms with E-state index >= 15 is 0 Å². The third kappa shape index (κ3) is 3.81. The van der Waals surface area contributed by atoms with Gasteiger partial charge >= 0.3 is 0 Å². The number of hydrogen-bond donors (Lipinski definition) is 1. The monoisotopic (exact) mass is 299 g/mol. The molecule has 0 aliphatic carbocycles. The summed E-state index contributed by atoms with van der Waals surface area (Å²) in [5.74, 6) is -0.170. The molecule has 0 aliphatic rings. The Balaban J connectivity index is 1.95. The van der Waals surface area contributed by atoms with Crippen molar-refractivity contribution in [3.8, 4) is 0 Å². The van der Waals surface area contributed by atoms with Crippen molar-refractivity contribution in [1.29, 1.82) is 0 Å². The standard InChI is InChI=1S/C17H21N3O2/c1-3-15(14-7-5-4-6-8-14)16(21)19-9-10-20-12-18-11-13(2)17(20)22/h4-8,11-12,15H,3,9-10H2,1-2H3,(H,19,21). The molecule has 22 heavy (non-hydrogen) atoms. The molecule has 1 heterocycles. The molecule has 0 saturated carbocycles. The number of nitrogens with one attached hydrogen (secondary N) is 1. The van der Waals surface area contributed by atoms with Gasteiger partial charge in [0.05, 0.1) is 12.2 Å². The number of rotatable bonds is 6. The van der Waals surface area contributed by atoms with Crippen molar-refractivity contribution >= 4 is 5.91 Å². The molecule has 0 fully saturated rings. The molecule has 0 spiro atoms. The lowest BCUT2D eigenvalue weighted by Crippen LogP contribution is -2.34. The second-order valence-corrected chi connectivity index (χ2v) is 5.24. The minimum absolute atomic E-state index is 0.0117. The average molecular weight is 299 g/mol. The van der Waals surface area contributed by atoms with Crippen LogP contribution < -0.4 is 10.9 Å². The molecular weight excluding hydrogens is 278 g/mol. The van der Waals surface area contributed by atoms with Gasteiger partial charge in [0.1, 0.15) is 0 Å². The van der Waals surface area contributed by atoms with Crippen LogP contribution in [-0.4, -0.2) is 22.0 Å². The summed E-state index contributed by atoms with van der Waals surface area (Å²) in [4.78, 5) is 28.2. The summed E-state index contributed by atoms with van der Waals surface area (Å²) in [5, 5.41) is 2.90. The number of hydrogen-bond acceptors (Lipinski definition) is 3. The largest absolute Gasteiger partial charge is 0.354 e. The zero-order valence-corrected chi connectivity index (χ0v) is 13.0. The van der Waals surface area contributed by atoms with Crippen molar-refractivity contribution in [2.45, 2.75) is 32.7 Å². The van der Waals surface area contributed by atoms with Gasteiger partial charge < -0.3 is 5.32 Å². The van der Waals surface area contributed by atoms with Crippen molar-refractivity contribution in [3.63, 3.8) is 0 Å². The predicted octanol–water partition coefficient (Wildman–Crippen LogP) is 1.86. The van der Waals surface area contributed by atoms with Gasteiger partial charge in [0, 0.05) is 24.8 Å². The highest BCUT2D eigenvalue weighted by atomic mass is 16.2. The van der Waals surface area contributed by atoms with E-state index in [2.05, 4.69) is 10.3 Å². The summed E-state index contributed by atoms with van der Waals surface area (Å²) in [5.41, 5.74) is 1.54. The van der Waals surface area contributed by atoms with E-state index < -0.39 is 0 Å². The van der Waals surface area contributed by atoms with E-state index in [4.69, 9.17) is 0 Å². The van der Waals surface area contributed by atoms with Crippen LogP contribution in [0.5, 0.6) is 0 Å². The van der Waals surface area contributed by atoms with E-state index in [-0.39, 0.29) is 17.4 Å². The van der Waals surface area contributed by atoms with E-state index in [1.165, 1.54) is 10.9 Å². The summed E-state index contributed by atoms with van der Waals surface area (Å²) in [7, 11) is 0. The van der Waals surface area contributed by atoms with Crippen LogP contribution in [0.3, 0.4) is 0 Å². The molecule has 1 atom stereocenters. The zero-order valence-electron chi connectivity index (χ0n) is 13.0. The maximum Gasteiger partial charge on any atom is 0.256 e. The number of aryl methyl sites for hydroxylation is 1. The fraction of sp³-hybridized carbons (Fsp3) is 0.353. The Bertz CT molecular complexity index is 680. The van der Waals surface area contributed by atoms with Gasteiger partial charge in [-0.25, -0.2) is 4.98 Å². The smallest absolute Gasteiger partial charge is 0.256 e. The highest BCUT2D eigenvalue weighted by molar-refractivity contribution is 5.83. The summed E-state index contributed by atoms with van der Waals surface area (Å²) in [6.45, 7) is 4.55. The van der Waals surface area contributed by atoms with E-state index in [1.807, 2.05) is 37.3 Å². The van der Waals surface area contributed by atoms with Crippen molar-refractivity contribution in [2.75, 3.05) is 6.54 Å². The number of amides is 1. The van der Waals surface area contributed by atoms with Gasteiger partial charge in [-0.1, -0.05) is 37.3 Å². The maximum atomic E-state index is 12.3. The van der Waals surface area contributed by atoms with Gasteiger partial charge in [0.15, 0.2) is 0 Å². The van der Waals surface area contributed by atoms with Gasteiger partial charge in [-0.15, -0.1) is 0 Å². The second kappa shape index (κ2) is 7.54. The SMILES string of the molecule is CCC(C(=O)NCCn1cncc(C)c1=O)c1ccccc1. The fourth-order valence-electron chi connectivity index (χ4n) is 2.40. The molecular formula is C17H21N3O2. The number of benzene rings is 1. The first-order chi connectivity index (χ1) is 10.6. The number of carbonyl (C=O) groups excluding carboxylic acids is 1. The molecule has 0 bridgehead atoms. The van der Waals surface area contributed by atoms with Crippen LogP contribution >= 0.6 is 0 Å². The van der Waals surface area contributed by atoms with Crippen molar-refractivity contribution in [1.82, 2.24) is 14.9 Å². The Morgan fingerprint density at radius 2 is 2.05 bits per heavy atom. The lowest BCUT2D eigenvalue weighted by atomic mass is 9.96. The fourth-order valence-corrected chi connectivity index (χ4v) is 2.40. The average Bonchev–Trinajstić information content (AvgIpc) is 2.53. The molecule has 1 aromatic heterocycles. The Kier molecular flexibility index (Phi) is 5.47. The lowest BCUT2D eigenvalue weighted by Gasteiger charge is -2.15. The molecule has 1 aromatic carbocycles. The second-order valence-electron chi connectivity index (χ2n) is 5.24. The van der Waals surface area contributed by atoms with Crippen LogP contribution in [0.15, 0.2) is 47.7 Å². The van der Waals surface area contributed by atoms with Crippen LogP contribution in [0.2, 0.25) is 0 Å². The first-order valence-electron chi connectivity index (χ1n) is 7.47.